The highest BCUT2D eigenvalue weighted by Gasteiger charge is 2.15. The first-order valence-electron chi connectivity index (χ1n) is 7.94. The van der Waals surface area contributed by atoms with Crippen molar-refractivity contribution in [2.75, 3.05) is 18.4 Å². The number of amides is 1. The first-order chi connectivity index (χ1) is 11.1. The fourth-order valence-electron chi connectivity index (χ4n) is 2.51. The number of para-hydroxylation sites is 1. The smallest absolute Gasteiger partial charge is 0.239 e. The van der Waals surface area contributed by atoms with Crippen molar-refractivity contribution in [1.82, 2.24) is 5.32 Å². The van der Waals surface area contributed by atoms with E-state index >= 15 is 0 Å². The average molecular weight is 349 g/mol. The van der Waals surface area contributed by atoms with Crippen molar-refractivity contribution in [3.63, 3.8) is 0 Å². The number of hydrogen-bond donors (Lipinski definition) is 3. The van der Waals surface area contributed by atoms with Crippen molar-refractivity contribution < 1.29 is 9.90 Å². The maximum Gasteiger partial charge on any atom is 0.239 e. The Bertz CT molecular complexity index is 591. The molecule has 1 amide bonds. The van der Waals surface area contributed by atoms with Crippen molar-refractivity contribution in [2.45, 2.75) is 25.4 Å². The largest absolute Gasteiger partial charge is 0.393 e. The molecule has 2 aromatic rings. The van der Waals surface area contributed by atoms with Crippen molar-refractivity contribution >= 4 is 24.0 Å². The van der Waals surface area contributed by atoms with Crippen LogP contribution in [0.25, 0.3) is 0 Å². The van der Waals surface area contributed by atoms with Gasteiger partial charge in [0.2, 0.25) is 5.91 Å². The van der Waals surface area contributed by atoms with Crippen LogP contribution < -0.4 is 10.6 Å². The Morgan fingerprint density at radius 3 is 2.21 bits per heavy atom. The zero-order valence-electron chi connectivity index (χ0n) is 13.8. The Labute approximate surface area is 149 Å². The topological polar surface area (TPSA) is 61.4 Å². The number of carbonyl (C=O) groups excluding carboxylic acids is 1. The maximum atomic E-state index is 12.0. The molecule has 0 aromatic heterocycles. The van der Waals surface area contributed by atoms with Crippen LogP contribution in [0, 0.1) is 0 Å². The predicted molar refractivity (Wildman–Crippen MR) is 101 cm³/mol. The summed E-state index contributed by atoms with van der Waals surface area (Å²) < 4.78 is 0. The molecule has 4 nitrogen and oxygen atoms in total. The molecule has 3 N–H and O–H groups in total. The Morgan fingerprint density at radius 1 is 1.04 bits per heavy atom. The fraction of sp³-hybridized carbons (Fsp3) is 0.316. The minimum atomic E-state index is -0.403. The summed E-state index contributed by atoms with van der Waals surface area (Å²) in [6, 6.07) is 19.6. The number of aliphatic hydroxyl groups is 1. The molecule has 2 rings (SSSR count). The molecule has 0 aliphatic rings. The van der Waals surface area contributed by atoms with E-state index in [-0.39, 0.29) is 30.8 Å². The van der Waals surface area contributed by atoms with E-state index in [2.05, 4.69) is 10.6 Å². The number of halogens is 1. The maximum absolute atomic E-state index is 12.0. The third-order valence-corrected chi connectivity index (χ3v) is 3.67. The van der Waals surface area contributed by atoms with Crippen LogP contribution >= 0.6 is 12.4 Å². The lowest BCUT2D eigenvalue weighted by molar-refractivity contribution is -0.119. The molecule has 2 atom stereocenters. The number of anilines is 1. The van der Waals surface area contributed by atoms with Gasteiger partial charge in [-0.05, 0) is 31.0 Å². The van der Waals surface area contributed by atoms with Gasteiger partial charge in [0, 0.05) is 18.2 Å². The lowest BCUT2D eigenvalue weighted by atomic mass is 9.93. The van der Waals surface area contributed by atoms with Crippen molar-refractivity contribution in [3.8, 4) is 0 Å². The summed E-state index contributed by atoms with van der Waals surface area (Å²) in [5, 5.41) is 15.7. The molecule has 0 heterocycles. The van der Waals surface area contributed by atoms with Crippen LogP contribution in [0.3, 0.4) is 0 Å². The molecule has 0 aliphatic carbocycles. The average Bonchev–Trinajstić information content (AvgIpc) is 2.58. The van der Waals surface area contributed by atoms with Gasteiger partial charge >= 0.3 is 0 Å². The summed E-state index contributed by atoms with van der Waals surface area (Å²) in [7, 11) is 0. The lowest BCUT2D eigenvalue weighted by Crippen LogP contribution is -2.34. The van der Waals surface area contributed by atoms with Gasteiger partial charge in [-0.25, -0.2) is 0 Å². The molecular formula is C19H25ClN2O2. The van der Waals surface area contributed by atoms with Gasteiger partial charge in [0.1, 0.15) is 0 Å². The number of rotatable bonds is 8. The quantitative estimate of drug-likeness (QED) is 0.686. The molecular weight excluding hydrogens is 324 g/mol. The van der Waals surface area contributed by atoms with Crippen molar-refractivity contribution in [3.05, 3.63) is 66.2 Å². The number of carbonyl (C=O) groups is 1. The van der Waals surface area contributed by atoms with Gasteiger partial charge in [0.15, 0.2) is 0 Å². The van der Waals surface area contributed by atoms with Gasteiger partial charge in [0.05, 0.1) is 12.6 Å². The zero-order valence-corrected chi connectivity index (χ0v) is 14.6. The van der Waals surface area contributed by atoms with E-state index in [0.717, 1.165) is 11.3 Å². The van der Waals surface area contributed by atoms with Gasteiger partial charge in [0.25, 0.3) is 0 Å². The fourth-order valence-corrected chi connectivity index (χ4v) is 2.51. The second-order valence-corrected chi connectivity index (χ2v) is 5.72. The van der Waals surface area contributed by atoms with Gasteiger partial charge < -0.3 is 15.7 Å². The SMILES string of the molecule is CC(O)CC(CNC(=O)CNc1ccccc1)c1ccccc1.Cl. The number of hydrogen-bond acceptors (Lipinski definition) is 3. The van der Waals surface area contributed by atoms with Gasteiger partial charge in [-0.3, -0.25) is 4.79 Å². The van der Waals surface area contributed by atoms with Crippen LogP contribution in [0.5, 0.6) is 0 Å². The minimum Gasteiger partial charge on any atom is -0.393 e. The molecule has 0 saturated carbocycles. The van der Waals surface area contributed by atoms with E-state index in [1.54, 1.807) is 6.92 Å². The molecule has 130 valence electrons. The van der Waals surface area contributed by atoms with E-state index in [0.29, 0.717) is 13.0 Å². The zero-order chi connectivity index (χ0) is 16.5. The third-order valence-electron chi connectivity index (χ3n) is 3.67. The Kier molecular flexibility index (Phi) is 8.90. The molecule has 24 heavy (non-hydrogen) atoms. The Balaban J connectivity index is 0.00000288. The predicted octanol–water partition coefficient (Wildman–Crippen LogP) is 3.19. The molecule has 0 aliphatic heterocycles. The highest BCUT2D eigenvalue weighted by Crippen LogP contribution is 2.20. The summed E-state index contributed by atoms with van der Waals surface area (Å²) in [6.07, 6.45) is 0.218. The van der Waals surface area contributed by atoms with Crippen LogP contribution in [0.15, 0.2) is 60.7 Å². The normalized spacial score (nSPS) is 12.6. The molecule has 2 unspecified atom stereocenters. The monoisotopic (exact) mass is 348 g/mol. The van der Waals surface area contributed by atoms with E-state index in [9.17, 15) is 9.90 Å². The van der Waals surface area contributed by atoms with Crippen LogP contribution in [-0.2, 0) is 4.79 Å². The van der Waals surface area contributed by atoms with Crippen LogP contribution in [0.4, 0.5) is 5.69 Å². The van der Waals surface area contributed by atoms with Crippen LogP contribution in [0.2, 0.25) is 0 Å². The van der Waals surface area contributed by atoms with E-state index in [1.807, 2.05) is 60.7 Å². The molecule has 5 heteroatoms. The first-order valence-corrected chi connectivity index (χ1v) is 7.94. The van der Waals surface area contributed by atoms with E-state index in [4.69, 9.17) is 0 Å². The third kappa shape index (κ3) is 7.02. The second-order valence-electron chi connectivity index (χ2n) is 5.72. The van der Waals surface area contributed by atoms with Gasteiger partial charge in [-0.15, -0.1) is 12.4 Å². The summed E-state index contributed by atoms with van der Waals surface area (Å²) in [5.41, 5.74) is 2.05. The Morgan fingerprint density at radius 2 is 1.62 bits per heavy atom. The standard InChI is InChI=1S/C19H24N2O2.ClH/c1-15(22)12-17(16-8-4-2-5-9-16)13-21-19(23)14-20-18-10-6-3-7-11-18;/h2-11,15,17,20,22H,12-14H2,1H3,(H,21,23);1H. The molecule has 2 aromatic carbocycles. The summed E-state index contributed by atoms with van der Waals surface area (Å²) in [5.74, 6) is 0.0530. The molecule has 0 fully saturated rings. The first kappa shape index (κ1) is 20.0. The highest BCUT2D eigenvalue weighted by molar-refractivity contribution is 5.85. The van der Waals surface area contributed by atoms with Gasteiger partial charge in [-0.1, -0.05) is 48.5 Å². The van der Waals surface area contributed by atoms with Gasteiger partial charge in [-0.2, -0.15) is 0 Å². The highest BCUT2D eigenvalue weighted by atomic mass is 35.5. The summed E-state index contributed by atoms with van der Waals surface area (Å²) >= 11 is 0. The Hall–Kier alpha value is -2.04. The summed E-state index contributed by atoms with van der Waals surface area (Å²) in [6.45, 7) is 2.53. The van der Waals surface area contributed by atoms with E-state index in [1.165, 1.54) is 0 Å². The molecule has 0 saturated heterocycles. The minimum absolute atomic E-state index is 0. The number of benzene rings is 2. The summed E-state index contributed by atoms with van der Waals surface area (Å²) in [4.78, 5) is 12.0. The van der Waals surface area contributed by atoms with Crippen molar-refractivity contribution in [1.29, 1.82) is 0 Å². The second kappa shape index (κ2) is 10.7. The lowest BCUT2D eigenvalue weighted by Gasteiger charge is -2.20. The molecule has 0 radical (unpaired) electrons. The molecule has 0 bridgehead atoms. The number of nitrogens with one attached hydrogen (secondary N) is 2. The van der Waals surface area contributed by atoms with Crippen molar-refractivity contribution in [2.24, 2.45) is 0 Å². The van der Waals surface area contributed by atoms with Crippen LogP contribution in [-0.4, -0.2) is 30.2 Å². The molecule has 0 spiro atoms. The number of aliphatic hydroxyl groups excluding tert-OH is 1. The van der Waals surface area contributed by atoms with E-state index < -0.39 is 6.10 Å². The van der Waals surface area contributed by atoms with Crippen LogP contribution in [0.1, 0.15) is 24.8 Å².